The maximum atomic E-state index is 6.32. The molecule has 0 bridgehead atoms. The van der Waals surface area contributed by atoms with Crippen LogP contribution in [-0.4, -0.2) is 20.6 Å². The number of rotatable bonds is 2. The highest BCUT2D eigenvalue weighted by Gasteiger charge is 2.16. The Hall–Kier alpha value is -1.51. The van der Waals surface area contributed by atoms with Gasteiger partial charge in [0.25, 0.3) is 0 Å². The van der Waals surface area contributed by atoms with Gasteiger partial charge in [0.05, 0.1) is 0 Å². The van der Waals surface area contributed by atoms with Gasteiger partial charge in [0.15, 0.2) is 0 Å². The first kappa shape index (κ1) is 13.5. The fourth-order valence-electron chi connectivity index (χ4n) is 2.78. The number of hydrogen-bond acceptors (Lipinski definition) is 2. The summed E-state index contributed by atoms with van der Waals surface area (Å²) in [5.74, 6) is 0. The quantitative estimate of drug-likeness (QED) is 0.905. The molecule has 20 heavy (non-hydrogen) atoms. The van der Waals surface area contributed by atoms with Gasteiger partial charge in [0, 0.05) is 31.4 Å². The molecule has 0 atom stereocenters. The van der Waals surface area contributed by atoms with Crippen molar-refractivity contribution in [2.24, 2.45) is 0 Å². The van der Waals surface area contributed by atoms with Crippen LogP contribution in [0.4, 0.5) is 5.69 Å². The van der Waals surface area contributed by atoms with E-state index in [9.17, 15) is 0 Å². The van der Waals surface area contributed by atoms with Gasteiger partial charge >= 0.3 is 0 Å². The molecular formula is C17H19ClN2. The molecule has 0 fully saturated rings. The standard InChI is InChI=1S/C17H19ClN2/c1-20(2)13-5-3-12(4-6-13)14-7-8-17(18)16-11-19-10-9-15(14)16/h3-8,19H,9-11H2,1-2H3. The highest BCUT2D eigenvalue weighted by atomic mass is 35.5. The summed E-state index contributed by atoms with van der Waals surface area (Å²) in [6.07, 6.45) is 1.04. The van der Waals surface area contributed by atoms with Gasteiger partial charge in [-0.3, -0.25) is 0 Å². The predicted molar refractivity (Wildman–Crippen MR) is 86.6 cm³/mol. The van der Waals surface area contributed by atoms with Crippen LogP contribution in [0.5, 0.6) is 0 Å². The molecule has 0 aliphatic carbocycles. The van der Waals surface area contributed by atoms with E-state index >= 15 is 0 Å². The first-order valence-electron chi connectivity index (χ1n) is 6.95. The maximum absolute atomic E-state index is 6.32. The van der Waals surface area contributed by atoms with E-state index in [-0.39, 0.29) is 0 Å². The summed E-state index contributed by atoms with van der Waals surface area (Å²) in [6, 6.07) is 12.9. The van der Waals surface area contributed by atoms with Gasteiger partial charge in [-0.2, -0.15) is 0 Å². The second-order valence-electron chi connectivity index (χ2n) is 5.42. The van der Waals surface area contributed by atoms with Crippen LogP contribution in [0.3, 0.4) is 0 Å². The summed E-state index contributed by atoms with van der Waals surface area (Å²) in [5.41, 5.74) is 6.46. The molecule has 0 unspecified atom stereocenters. The number of anilines is 1. The van der Waals surface area contributed by atoms with Crippen LogP contribution in [0.25, 0.3) is 11.1 Å². The lowest BCUT2D eigenvalue weighted by atomic mass is 9.91. The summed E-state index contributed by atoms with van der Waals surface area (Å²) in [7, 11) is 4.12. The van der Waals surface area contributed by atoms with E-state index in [0.29, 0.717) is 0 Å². The lowest BCUT2D eigenvalue weighted by Crippen LogP contribution is -2.24. The zero-order chi connectivity index (χ0) is 14.1. The van der Waals surface area contributed by atoms with E-state index < -0.39 is 0 Å². The molecule has 1 aliphatic rings. The Labute approximate surface area is 125 Å². The molecule has 0 saturated carbocycles. The molecule has 2 nitrogen and oxygen atoms in total. The second kappa shape index (κ2) is 5.47. The predicted octanol–water partition coefficient (Wildman–Crippen LogP) is 3.72. The highest BCUT2D eigenvalue weighted by molar-refractivity contribution is 6.31. The molecule has 0 radical (unpaired) electrons. The Morgan fingerprint density at radius 3 is 2.45 bits per heavy atom. The topological polar surface area (TPSA) is 15.3 Å². The number of nitrogens with zero attached hydrogens (tertiary/aromatic N) is 1. The maximum Gasteiger partial charge on any atom is 0.0454 e. The summed E-state index contributed by atoms with van der Waals surface area (Å²) in [6.45, 7) is 1.90. The summed E-state index contributed by atoms with van der Waals surface area (Å²) < 4.78 is 0. The third-order valence-corrected chi connectivity index (χ3v) is 4.28. The van der Waals surface area contributed by atoms with Gasteiger partial charge in [-0.05, 0) is 53.4 Å². The fourth-order valence-corrected chi connectivity index (χ4v) is 3.02. The van der Waals surface area contributed by atoms with Gasteiger partial charge < -0.3 is 10.2 Å². The van der Waals surface area contributed by atoms with E-state index in [0.717, 1.165) is 24.5 Å². The Kier molecular flexibility index (Phi) is 3.68. The number of fused-ring (bicyclic) bond motifs is 1. The zero-order valence-electron chi connectivity index (χ0n) is 11.9. The second-order valence-corrected chi connectivity index (χ2v) is 5.83. The van der Waals surface area contributed by atoms with Crippen LogP contribution in [0.2, 0.25) is 5.02 Å². The van der Waals surface area contributed by atoms with Crippen molar-refractivity contribution < 1.29 is 0 Å². The van der Waals surface area contributed by atoms with Crippen molar-refractivity contribution >= 4 is 17.3 Å². The third kappa shape index (κ3) is 2.41. The molecular weight excluding hydrogens is 268 g/mol. The Morgan fingerprint density at radius 2 is 1.75 bits per heavy atom. The lowest BCUT2D eigenvalue weighted by molar-refractivity contribution is 0.645. The van der Waals surface area contributed by atoms with Crippen molar-refractivity contribution in [2.45, 2.75) is 13.0 Å². The van der Waals surface area contributed by atoms with Gasteiger partial charge in [-0.25, -0.2) is 0 Å². The van der Waals surface area contributed by atoms with Gasteiger partial charge in [0.1, 0.15) is 0 Å². The first-order valence-corrected chi connectivity index (χ1v) is 7.33. The molecule has 3 rings (SSSR count). The minimum atomic E-state index is 0.873. The average molecular weight is 287 g/mol. The van der Waals surface area contributed by atoms with Gasteiger partial charge in [0.2, 0.25) is 0 Å². The zero-order valence-corrected chi connectivity index (χ0v) is 12.7. The molecule has 2 aromatic rings. The molecule has 1 aliphatic heterocycles. The van der Waals surface area contributed by atoms with Gasteiger partial charge in [-0.1, -0.05) is 29.8 Å². The highest BCUT2D eigenvalue weighted by Crippen LogP contribution is 2.33. The normalized spacial score (nSPS) is 13.9. The fraction of sp³-hybridized carbons (Fsp3) is 0.294. The van der Waals surface area contributed by atoms with Crippen LogP contribution >= 0.6 is 11.6 Å². The lowest BCUT2D eigenvalue weighted by Gasteiger charge is -2.22. The summed E-state index contributed by atoms with van der Waals surface area (Å²) in [4.78, 5) is 2.12. The number of halogens is 1. The van der Waals surface area contributed by atoms with Crippen molar-refractivity contribution in [3.8, 4) is 11.1 Å². The molecule has 1 heterocycles. The van der Waals surface area contributed by atoms with Crippen molar-refractivity contribution in [1.82, 2.24) is 5.32 Å². The number of nitrogens with one attached hydrogen (secondary N) is 1. The monoisotopic (exact) mass is 286 g/mol. The third-order valence-electron chi connectivity index (χ3n) is 3.92. The van der Waals surface area contributed by atoms with Gasteiger partial charge in [-0.15, -0.1) is 0 Å². The summed E-state index contributed by atoms with van der Waals surface area (Å²) in [5, 5.41) is 4.27. The van der Waals surface area contributed by atoms with Crippen molar-refractivity contribution in [1.29, 1.82) is 0 Å². The minimum absolute atomic E-state index is 0.873. The van der Waals surface area contributed by atoms with Crippen LogP contribution in [-0.2, 0) is 13.0 Å². The molecule has 3 heteroatoms. The van der Waals surface area contributed by atoms with E-state index in [2.05, 4.69) is 54.6 Å². The Bertz CT molecular complexity index is 618. The molecule has 1 N–H and O–H groups in total. The molecule has 0 saturated heterocycles. The first-order chi connectivity index (χ1) is 9.66. The SMILES string of the molecule is CN(C)c1ccc(-c2ccc(Cl)c3c2CCNC3)cc1. The van der Waals surface area contributed by atoms with Crippen LogP contribution in [0.15, 0.2) is 36.4 Å². The molecule has 0 spiro atoms. The van der Waals surface area contributed by atoms with E-state index in [1.807, 2.05) is 6.07 Å². The van der Waals surface area contributed by atoms with E-state index in [1.54, 1.807) is 0 Å². The molecule has 0 amide bonds. The van der Waals surface area contributed by atoms with E-state index in [1.165, 1.54) is 27.9 Å². The molecule has 104 valence electrons. The van der Waals surface area contributed by atoms with Crippen LogP contribution in [0, 0.1) is 0 Å². The van der Waals surface area contributed by atoms with E-state index in [4.69, 9.17) is 11.6 Å². The number of hydrogen-bond donors (Lipinski definition) is 1. The summed E-state index contributed by atoms with van der Waals surface area (Å²) >= 11 is 6.32. The van der Waals surface area contributed by atoms with Crippen LogP contribution < -0.4 is 10.2 Å². The van der Waals surface area contributed by atoms with Crippen molar-refractivity contribution in [2.75, 3.05) is 25.5 Å². The molecule has 2 aromatic carbocycles. The minimum Gasteiger partial charge on any atom is -0.378 e. The Morgan fingerprint density at radius 1 is 1.00 bits per heavy atom. The average Bonchev–Trinajstić information content (AvgIpc) is 2.48. The van der Waals surface area contributed by atoms with Crippen LogP contribution in [0.1, 0.15) is 11.1 Å². The number of benzene rings is 2. The molecule has 0 aromatic heterocycles. The van der Waals surface area contributed by atoms with Crippen molar-refractivity contribution in [3.63, 3.8) is 0 Å². The largest absolute Gasteiger partial charge is 0.378 e. The van der Waals surface area contributed by atoms with Crippen molar-refractivity contribution in [3.05, 3.63) is 52.5 Å². The smallest absolute Gasteiger partial charge is 0.0454 e. The Balaban J connectivity index is 2.06.